The van der Waals surface area contributed by atoms with E-state index in [0.717, 1.165) is 12.0 Å². The number of hydrogen-bond donors (Lipinski definition) is 1. The van der Waals surface area contributed by atoms with Crippen LogP contribution in [-0.2, 0) is 0 Å². The maximum absolute atomic E-state index is 12.1. The lowest BCUT2D eigenvalue weighted by molar-refractivity contribution is 0.0945. The fourth-order valence-corrected chi connectivity index (χ4v) is 3.35. The predicted octanol–water partition coefficient (Wildman–Crippen LogP) is 4.03. The van der Waals surface area contributed by atoms with Gasteiger partial charge in [0.2, 0.25) is 0 Å². The predicted molar refractivity (Wildman–Crippen MR) is 80.1 cm³/mol. The molecule has 2 unspecified atom stereocenters. The first-order valence-corrected chi connectivity index (χ1v) is 7.64. The summed E-state index contributed by atoms with van der Waals surface area (Å²) in [6, 6.07) is 5.52. The molecule has 1 fully saturated rings. The Bertz CT molecular complexity index is 461. The summed E-state index contributed by atoms with van der Waals surface area (Å²) in [6.07, 6.45) is 3.54. The first kappa shape index (κ1) is 14.7. The van der Waals surface area contributed by atoms with Crippen LogP contribution in [0.5, 0.6) is 0 Å². The molecule has 1 N–H and O–H groups in total. The topological polar surface area (TPSA) is 29.1 Å². The normalized spacial score (nSPS) is 22.5. The Morgan fingerprint density at radius 1 is 1.37 bits per heavy atom. The van der Waals surface area contributed by atoms with E-state index in [-0.39, 0.29) is 5.91 Å². The van der Waals surface area contributed by atoms with E-state index in [1.165, 1.54) is 12.8 Å². The molecule has 4 heteroatoms. The number of amides is 1. The van der Waals surface area contributed by atoms with Gasteiger partial charge in [0.1, 0.15) is 0 Å². The zero-order valence-electron chi connectivity index (χ0n) is 11.1. The Morgan fingerprint density at radius 3 is 2.84 bits per heavy atom. The summed E-state index contributed by atoms with van der Waals surface area (Å²) in [6.45, 7) is 2.60. The fourth-order valence-electron chi connectivity index (χ4n) is 2.73. The van der Waals surface area contributed by atoms with E-state index in [0.29, 0.717) is 34.8 Å². The van der Waals surface area contributed by atoms with Crippen molar-refractivity contribution in [3.63, 3.8) is 0 Å². The number of halogens is 2. The molecule has 2 atom stereocenters. The van der Waals surface area contributed by atoms with Gasteiger partial charge in [0.25, 0.3) is 5.91 Å². The first-order chi connectivity index (χ1) is 9.13. The smallest absolute Gasteiger partial charge is 0.252 e. The van der Waals surface area contributed by atoms with E-state index < -0.39 is 0 Å². The van der Waals surface area contributed by atoms with Gasteiger partial charge in [-0.15, -0.1) is 11.6 Å². The highest BCUT2D eigenvalue weighted by molar-refractivity contribution is 6.34. The van der Waals surface area contributed by atoms with Gasteiger partial charge < -0.3 is 5.32 Å². The second-order valence-electron chi connectivity index (χ2n) is 5.25. The number of carbonyl (C=O) groups excluding carboxylic acids is 1. The molecule has 104 valence electrons. The van der Waals surface area contributed by atoms with Gasteiger partial charge in [0, 0.05) is 12.4 Å². The largest absolute Gasteiger partial charge is 0.352 e. The van der Waals surface area contributed by atoms with Crippen molar-refractivity contribution < 1.29 is 4.79 Å². The zero-order valence-corrected chi connectivity index (χ0v) is 12.6. The van der Waals surface area contributed by atoms with Crippen LogP contribution in [0.15, 0.2) is 18.2 Å². The quantitative estimate of drug-likeness (QED) is 0.836. The molecule has 0 spiro atoms. The van der Waals surface area contributed by atoms with Crippen molar-refractivity contribution in [1.82, 2.24) is 5.32 Å². The van der Waals surface area contributed by atoms with E-state index >= 15 is 0 Å². The second kappa shape index (κ2) is 6.62. The minimum absolute atomic E-state index is 0.0890. The van der Waals surface area contributed by atoms with Crippen molar-refractivity contribution in [2.45, 2.75) is 26.2 Å². The van der Waals surface area contributed by atoms with Gasteiger partial charge in [-0.3, -0.25) is 4.79 Å². The standard InChI is InChI=1S/C15H19Cl2NO/c1-10-4-2-7-13(14(10)17)15(19)18-9-12-6-3-5-11(12)8-16/h2,4,7,11-12H,3,5-6,8-9H2,1H3,(H,18,19). The molecule has 0 bridgehead atoms. The molecule has 2 nitrogen and oxygen atoms in total. The lowest BCUT2D eigenvalue weighted by Crippen LogP contribution is -2.31. The number of rotatable bonds is 4. The molecule has 1 aliphatic carbocycles. The highest BCUT2D eigenvalue weighted by atomic mass is 35.5. The zero-order chi connectivity index (χ0) is 13.8. The van der Waals surface area contributed by atoms with Gasteiger partial charge in [-0.05, 0) is 43.2 Å². The maximum Gasteiger partial charge on any atom is 0.252 e. The van der Waals surface area contributed by atoms with E-state index in [9.17, 15) is 4.79 Å². The molecule has 1 aromatic rings. The molecule has 1 aliphatic rings. The molecule has 1 saturated carbocycles. The number of aryl methyl sites for hydroxylation is 1. The van der Waals surface area contributed by atoms with Gasteiger partial charge in [-0.1, -0.05) is 30.2 Å². The van der Waals surface area contributed by atoms with Crippen molar-refractivity contribution in [3.8, 4) is 0 Å². The second-order valence-corrected chi connectivity index (χ2v) is 5.94. The van der Waals surface area contributed by atoms with E-state index in [2.05, 4.69) is 5.32 Å². The van der Waals surface area contributed by atoms with E-state index in [4.69, 9.17) is 23.2 Å². The molecule has 1 aromatic carbocycles. The summed E-state index contributed by atoms with van der Waals surface area (Å²) < 4.78 is 0. The highest BCUT2D eigenvalue weighted by Gasteiger charge is 2.26. The maximum atomic E-state index is 12.1. The highest BCUT2D eigenvalue weighted by Crippen LogP contribution is 2.32. The first-order valence-electron chi connectivity index (χ1n) is 6.72. The van der Waals surface area contributed by atoms with Crippen molar-refractivity contribution >= 4 is 29.1 Å². The lowest BCUT2D eigenvalue weighted by Gasteiger charge is -2.18. The van der Waals surface area contributed by atoms with Crippen LogP contribution in [0, 0.1) is 18.8 Å². The number of hydrogen-bond acceptors (Lipinski definition) is 1. The Hall–Kier alpha value is -0.730. The van der Waals surface area contributed by atoms with Crippen molar-refractivity contribution in [1.29, 1.82) is 0 Å². The Labute approximate surface area is 124 Å². The molecule has 0 saturated heterocycles. The Kier molecular flexibility index (Phi) is 5.12. The molecule has 1 amide bonds. The number of nitrogens with one attached hydrogen (secondary N) is 1. The summed E-state index contributed by atoms with van der Waals surface area (Å²) in [4.78, 5) is 12.1. The summed E-state index contributed by atoms with van der Waals surface area (Å²) in [5, 5.41) is 3.53. The monoisotopic (exact) mass is 299 g/mol. The van der Waals surface area contributed by atoms with Gasteiger partial charge in [0.15, 0.2) is 0 Å². The summed E-state index contributed by atoms with van der Waals surface area (Å²) >= 11 is 12.1. The van der Waals surface area contributed by atoms with E-state index in [1.807, 2.05) is 19.1 Å². The lowest BCUT2D eigenvalue weighted by atomic mass is 9.98. The van der Waals surface area contributed by atoms with Crippen LogP contribution in [0.2, 0.25) is 5.02 Å². The molecule has 0 aliphatic heterocycles. The van der Waals surface area contributed by atoms with Crippen LogP contribution in [0.25, 0.3) is 0 Å². The minimum atomic E-state index is -0.0890. The fraction of sp³-hybridized carbons (Fsp3) is 0.533. The van der Waals surface area contributed by atoms with Gasteiger partial charge in [-0.25, -0.2) is 0 Å². The van der Waals surface area contributed by atoms with Gasteiger partial charge in [0.05, 0.1) is 10.6 Å². The third-order valence-corrected chi connectivity index (χ3v) is 4.87. The summed E-state index contributed by atoms with van der Waals surface area (Å²) in [5.74, 6) is 1.64. The molecule has 0 aromatic heterocycles. The van der Waals surface area contributed by atoms with Crippen LogP contribution in [-0.4, -0.2) is 18.3 Å². The molecule has 0 heterocycles. The molecule has 0 radical (unpaired) electrons. The van der Waals surface area contributed by atoms with Crippen LogP contribution < -0.4 is 5.32 Å². The van der Waals surface area contributed by atoms with Crippen molar-refractivity contribution in [3.05, 3.63) is 34.3 Å². The SMILES string of the molecule is Cc1cccc(C(=O)NCC2CCCC2CCl)c1Cl. The third-order valence-electron chi connectivity index (χ3n) is 3.98. The van der Waals surface area contributed by atoms with Crippen LogP contribution in [0.3, 0.4) is 0 Å². The molecule has 19 heavy (non-hydrogen) atoms. The van der Waals surface area contributed by atoms with Crippen molar-refractivity contribution in [2.75, 3.05) is 12.4 Å². The van der Waals surface area contributed by atoms with E-state index in [1.54, 1.807) is 6.07 Å². The molecule has 2 rings (SSSR count). The van der Waals surface area contributed by atoms with Crippen LogP contribution in [0.4, 0.5) is 0 Å². The summed E-state index contributed by atoms with van der Waals surface area (Å²) in [7, 11) is 0. The number of benzene rings is 1. The minimum Gasteiger partial charge on any atom is -0.352 e. The van der Waals surface area contributed by atoms with Gasteiger partial charge in [-0.2, -0.15) is 0 Å². The van der Waals surface area contributed by atoms with Gasteiger partial charge >= 0.3 is 0 Å². The Balaban J connectivity index is 1.96. The van der Waals surface area contributed by atoms with Crippen LogP contribution >= 0.6 is 23.2 Å². The average molecular weight is 300 g/mol. The summed E-state index contributed by atoms with van der Waals surface area (Å²) in [5.41, 5.74) is 1.48. The number of carbonyl (C=O) groups is 1. The van der Waals surface area contributed by atoms with Crippen LogP contribution in [0.1, 0.15) is 35.2 Å². The number of alkyl halides is 1. The third kappa shape index (κ3) is 3.43. The molecular weight excluding hydrogens is 281 g/mol. The molecular formula is C15H19Cl2NO. The Morgan fingerprint density at radius 2 is 2.11 bits per heavy atom. The average Bonchev–Trinajstić information content (AvgIpc) is 2.86. The van der Waals surface area contributed by atoms with Crippen molar-refractivity contribution in [2.24, 2.45) is 11.8 Å².